The largest absolute Gasteiger partial charge is 0.481 e. The number of benzene rings is 3. The molecule has 1 heterocycles. The van der Waals surface area contributed by atoms with Crippen molar-refractivity contribution in [3.8, 4) is 17.2 Å². The molecule has 0 fully saturated rings. The van der Waals surface area contributed by atoms with Crippen molar-refractivity contribution >= 4 is 38.6 Å². The molecule has 1 amide bonds. The lowest BCUT2D eigenvalue weighted by atomic mass is 10.1. The number of carbonyl (C=O) groups excluding carboxylic acids is 1. The molecule has 4 aromatic rings. The summed E-state index contributed by atoms with van der Waals surface area (Å²) in [6, 6.07) is 17.1. The summed E-state index contributed by atoms with van der Waals surface area (Å²) in [5, 5.41) is 2.72. The summed E-state index contributed by atoms with van der Waals surface area (Å²) < 4.78 is 25.5. The zero-order chi connectivity index (χ0) is 21.1. The monoisotopic (exact) mass is 468 g/mol. The van der Waals surface area contributed by atoms with Crippen molar-refractivity contribution < 1.29 is 18.3 Å². The molecule has 7 heteroatoms. The first-order chi connectivity index (χ1) is 14.5. The van der Waals surface area contributed by atoms with Gasteiger partial charge in [-0.3, -0.25) is 4.79 Å². The molecule has 1 aromatic heterocycles. The Hall–Kier alpha value is -3.19. The third kappa shape index (κ3) is 4.36. The van der Waals surface area contributed by atoms with Crippen molar-refractivity contribution in [1.29, 1.82) is 0 Å². The Kier molecular flexibility index (Phi) is 5.81. The predicted molar refractivity (Wildman–Crippen MR) is 117 cm³/mol. The first-order valence-corrected chi connectivity index (χ1v) is 10.2. The van der Waals surface area contributed by atoms with Gasteiger partial charge in [0.25, 0.3) is 5.91 Å². The molecule has 0 bridgehead atoms. The van der Waals surface area contributed by atoms with Gasteiger partial charge in [-0.05, 0) is 76.4 Å². The lowest BCUT2D eigenvalue weighted by Gasteiger charge is -2.08. The molecule has 0 spiro atoms. The number of rotatable bonds is 6. The highest BCUT2D eigenvalue weighted by Crippen LogP contribution is 2.31. The molecule has 0 aliphatic rings. The Morgan fingerprint density at radius 2 is 1.93 bits per heavy atom. The Morgan fingerprint density at radius 3 is 2.67 bits per heavy atom. The van der Waals surface area contributed by atoms with E-state index in [1.165, 1.54) is 17.7 Å². The summed E-state index contributed by atoms with van der Waals surface area (Å²) >= 11 is 3.53. The smallest absolute Gasteiger partial charge is 0.262 e. The van der Waals surface area contributed by atoms with Crippen molar-refractivity contribution in [3.63, 3.8) is 0 Å². The van der Waals surface area contributed by atoms with Crippen molar-refractivity contribution in [2.45, 2.75) is 13.3 Å². The van der Waals surface area contributed by atoms with Gasteiger partial charge in [-0.2, -0.15) is 0 Å². The molecule has 0 saturated heterocycles. The second-order valence-corrected chi connectivity index (χ2v) is 7.50. The number of nitrogens with one attached hydrogen (secondary N) is 1. The summed E-state index contributed by atoms with van der Waals surface area (Å²) in [7, 11) is 0. The summed E-state index contributed by atoms with van der Waals surface area (Å²) in [6.07, 6.45) is 0.908. The van der Waals surface area contributed by atoms with Crippen LogP contribution in [0.4, 0.5) is 10.1 Å². The van der Waals surface area contributed by atoms with E-state index in [1.807, 2.05) is 24.3 Å². The first kappa shape index (κ1) is 20.1. The Labute approximate surface area is 181 Å². The molecule has 0 radical (unpaired) electrons. The molecule has 0 saturated carbocycles. The van der Waals surface area contributed by atoms with Crippen molar-refractivity contribution in [2.75, 3.05) is 11.9 Å². The van der Waals surface area contributed by atoms with E-state index in [0.29, 0.717) is 17.2 Å². The fourth-order valence-electron chi connectivity index (χ4n) is 2.97. The zero-order valence-corrected chi connectivity index (χ0v) is 17.7. The molecular weight excluding hydrogens is 451 g/mol. The lowest BCUT2D eigenvalue weighted by Crippen LogP contribution is -2.20. The third-order valence-corrected chi connectivity index (χ3v) is 5.11. The van der Waals surface area contributed by atoms with Crippen LogP contribution in [0.5, 0.6) is 5.75 Å². The van der Waals surface area contributed by atoms with E-state index in [4.69, 9.17) is 9.15 Å². The van der Waals surface area contributed by atoms with Crippen molar-refractivity contribution in [1.82, 2.24) is 4.98 Å². The van der Waals surface area contributed by atoms with E-state index in [2.05, 4.69) is 33.2 Å². The Morgan fingerprint density at radius 1 is 1.17 bits per heavy atom. The van der Waals surface area contributed by atoms with Crippen LogP contribution in [0.1, 0.15) is 12.5 Å². The van der Waals surface area contributed by atoms with Gasteiger partial charge in [-0.15, -0.1) is 0 Å². The van der Waals surface area contributed by atoms with Crippen LogP contribution >= 0.6 is 15.9 Å². The predicted octanol–water partition coefficient (Wildman–Crippen LogP) is 5.98. The van der Waals surface area contributed by atoms with Crippen LogP contribution in [-0.4, -0.2) is 17.5 Å². The number of ether oxygens (including phenoxy) is 1. The van der Waals surface area contributed by atoms with Crippen LogP contribution in [0.15, 0.2) is 69.6 Å². The first-order valence-electron chi connectivity index (χ1n) is 9.40. The van der Waals surface area contributed by atoms with Gasteiger partial charge in [0.2, 0.25) is 5.89 Å². The second kappa shape index (κ2) is 8.67. The average Bonchev–Trinajstić information content (AvgIpc) is 3.18. The molecule has 5 nitrogen and oxygen atoms in total. The molecule has 152 valence electrons. The number of fused-ring (bicyclic) bond motifs is 1. The lowest BCUT2D eigenvalue weighted by molar-refractivity contribution is -0.118. The minimum absolute atomic E-state index is 0.0383. The van der Waals surface area contributed by atoms with Crippen LogP contribution in [0.25, 0.3) is 22.6 Å². The minimum atomic E-state index is -0.509. The van der Waals surface area contributed by atoms with E-state index in [9.17, 15) is 9.18 Å². The number of carbonyl (C=O) groups is 1. The van der Waals surface area contributed by atoms with E-state index >= 15 is 0 Å². The highest BCUT2D eigenvalue weighted by atomic mass is 79.9. The standard InChI is InChI=1S/C23H18BrFN2O3/c1-2-14-11-17(24)22-19(12-14)27-23(30-22)15-7-9-16(10-8-15)26-21(28)13-29-20-6-4-3-5-18(20)25/h3-12H,2,13H2,1H3,(H,26,28). The number of hydrogen-bond acceptors (Lipinski definition) is 4. The highest BCUT2D eigenvalue weighted by Gasteiger charge is 2.13. The number of halogens is 2. The summed E-state index contributed by atoms with van der Waals surface area (Å²) in [5.41, 5.74) is 4.04. The fraction of sp³-hybridized carbons (Fsp3) is 0.130. The Balaban J connectivity index is 1.44. The third-order valence-electron chi connectivity index (χ3n) is 4.52. The van der Waals surface area contributed by atoms with Gasteiger partial charge in [-0.1, -0.05) is 19.1 Å². The second-order valence-electron chi connectivity index (χ2n) is 6.64. The van der Waals surface area contributed by atoms with Gasteiger partial charge in [0, 0.05) is 11.3 Å². The SMILES string of the molecule is CCc1cc(Br)c2oc(-c3ccc(NC(=O)COc4ccccc4F)cc3)nc2c1. The minimum Gasteiger partial charge on any atom is -0.481 e. The number of nitrogens with zero attached hydrogens (tertiary/aromatic N) is 1. The summed E-state index contributed by atoms with van der Waals surface area (Å²) in [4.78, 5) is 16.6. The fourth-order valence-corrected chi connectivity index (χ4v) is 3.55. The molecule has 30 heavy (non-hydrogen) atoms. The molecule has 0 unspecified atom stereocenters. The van der Waals surface area contributed by atoms with Gasteiger partial charge in [-0.25, -0.2) is 9.37 Å². The normalized spacial score (nSPS) is 10.9. The van der Waals surface area contributed by atoms with Crippen LogP contribution in [0.3, 0.4) is 0 Å². The van der Waals surface area contributed by atoms with Crippen molar-refractivity contribution in [3.05, 3.63) is 76.5 Å². The van der Waals surface area contributed by atoms with Crippen LogP contribution in [0, 0.1) is 5.82 Å². The summed E-state index contributed by atoms with van der Waals surface area (Å²) in [6.45, 7) is 1.80. The maximum atomic E-state index is 13.5. The molecule has 0 atom stereocenters. The maximum Gasteiger partial charge on any atom is 0.262 e. The number of anilines is 1. The van der Waals surface area contributed by atoms with E-state index < -0.39 is 5.82 Å². The van der Waals surface area contributed by atoms with E-state index in [0.717, 1.165) is 22.0 Å². The maximum absolute atomic E-state index is 13.5. The van der Waals surface area contributed by atoms with Gasteiger partial charge >= 0.3 is 0 Å². The van der Waals surface area contributed by atoms with Crippen LogP contribution in [0.2, 0.25) is 0 Å². The number of oxazole rings is 1. The number of aryl methyl sites for hydroxylation is 1. The molecule has 0 aliphatic heterocycles. The van der Waals surface area contributed by atoms with Crippen LogP contribution in [-0.2, 0) is 11.2 Å². The average molecular weight is 469 g/mol. The molecule has 0 aliphatic carbocycles. The molecular formula is C23H18BrFN2O3. The number of aromatic nitrogens is 1. The highest BCUT2D eigenvalue weighted by molar-refractivity contribution is 9.10. The topological polar surface area (TPSA) is 64.4 Å². The van der Waals surface area contributed by atoms with Crippen LogP contribution < -0.4 is 10.1 Å². The quantitative estimate of drug-likeness (QED) is 0.378. The summed E-state index contributed by atoms with van der Waals surface area (Å²) in [5.74, 6) is -0.356. The van der Waals surface area contributed by atoms with Gasteiger partial charge in [0.05, 0.1) is 4.47 Å². The van der Waals surface area contributed by atoms with E-state index in [-0.39, 0.29) is 18.3 Å². The van der Waals surface area contributed by atoms with Gasteiger partial charge in [0.15, 0.2) is 23.8 Å². The number of amides is 1. The molecule has 1 N–H and O–H groups in total. The van der Waals surface area contributed by atoms with E-state index in [1.54, 1.807) is 24.3 Å². The molecule has 4 rings (SSSR count). The molecule has 3 aromatic carbocycles. The van der Waals surface area contributed by atoms with Crippen molar-refractivity contribution in [2.24, 2.45) is 0 Å². The van der Waals surface area contributed by atoms with Gasteiger partial charge in [0.1, 0.15) is 5.52 Å². The van der Waals surface area contributed by atoms with Gasteiger partial charge < -0.3 is 14.5 Å². The zero-order valence-electron chi connectivity index (χ0n) is 16.1. The number of para-hydroxylation sites is 1. The Bertz CT molecular complexity index is 1210. The number of hydrogen-bond donors (Lipinski definition) is 1.